The molecule has 1 aliphatic heterocycles. The van der Waals surface area contributed by atoms with Crippen molar-refractivity contribution in [2.24, 2.45) is 5.41 Å². The van der Waals surface area contributed by atoms with Gasteiger partial charge in [-0.3, -0.25) is 14.8 Å². The van der Waals surface area contributed by atoms with Crippen LogP contribution >= 0.6 is 13.5 Å². The third-order valence-corrected chi connectivity index (χ3v) is 7.99. The molecule has 0 unspecified atom stereocenters. The summed E-state index contributed by atoms with van der Waals surface area (Å²) in [7, 11) is -5.41. The minimum Gasteiger partial charge on any atom is -0.338 e. The lowest BCUT2D eigenvalue weighted by Gasteiger charge is -2.33. The lowest BCUT2D eigenvalue weighted by molar-refractivity contribution is -0.137. The molecule has 2 aromatic carbocycles. The molecule has 2 aliphatic rings. The number of carbonyl (C=O) groups is 2. The molecule has 1 atom stereocenters. The van der Waals surface area contributed by atoms with E-state index in [1.807, 2.05) is 0 Å². The molecule has 184 valence electrons. The van der Waals surface area contributed by atoms with Crippen LogP contribution < -0.4 is 5.48 Å². The van der Waals surface area contributed by atoms with Crippen molar-refractivity contribution in [3.8, 4) is 0 Å². The summed E-state index contributed by atoms with van der Waals surface area (Å²) < 4.78 is 61.2. The fourth-order valence-corrected chi connectivity index (χ4v) is 5.39. The molecule has 2 aromatic rings. The van der Waals surface area contributed by atoms with Crippen LogP contribution in [0.2, 0.25) is 0 Å². The smallest absolute Gasteiger partial charge is 0.338 e. The molecule has 4 rings (SSSR count). The molecule has 1 heterocycles. The van der Waals surface area contributed by atoms with E-state index >= 15 is 0 Å². The number of alkyl halides is 3. The number of sulfone groups is 1. The normalized spacial score (nSPS) is 20.1. The van der Waals surface area contributed by atoms with Crippen LogP contribution in [0.4, 0.5) is 13.2 Å². The first-order chi connectivity index (χ1) is 15.5. The molecule has 7 nitrogen and oxygen atoms in total. The van der Waals surface area contributed by atoms with Gasteiger partial charge in [0.05, 0.1) is 10.3 Å². The molecule has 0 aromatic heterocycles. The van der Waals surface area contributed by atoms with Crippen LogP contribution in [0.1, 0.15) is 39.9 Å². The van der Waals surface area contributed by atoms with Gasteiger partial charge in [0.15, 0.2) is 0 Å². The number of hydrogen-bond acceptors (Lipinski definition) is 5. The standard InChI is InChI=1S/C22H21F3N2O5S.H2S/c23-22(24,25)33(31,32)18-5-1-14(2-6-18)13-27-10-9-21(20(27)29)8-7-15-11-16(19(28)26-30)3-4-17(15)12-21;/h1-6,11,30H,7-10,12-13H2,(H,26,28);1H2/t21-;/m1./s1. The summed E-state index contributed by atoms with van der Waals surface area (Å²) in [6.45, 7) is 0.664. The summed E-state index contributed by atoms with van der Waals surface area (Å²) in [5.74, 6) is -0.646. The zero-order valence-electron chi connectivity index (χ0n) is 17.9. The van der Waals surface area contributed by atoms with E-state index in [4.69, 9.17) is 5.21 Å². The van der Waals surface area contributed by atoms with Gasteiger partial charge in [-0.2, -0.15) is 26.7 Å². The number of carbonyl (C=O) groups excluding carboxylic acids is 2. The molecular formula is C22H23F3N2O5S2. The molecule has 2 amide bonds. The zero-order valence-corrected chi connectivity index (χ0v) is 19.7. The Labute approximate surface area is 201 Å². The number of nitrogens with one attached hydrogen (secondary N) is 1. The molecule has 1 spiro atoms. The summed E-state index contributed by atoms with van der Waals surface area (Å²) in [6.07, 6.45) is 2.35. The number of fused-ring (bicyclic) bond motifs is 1. The second kappa shape index (κ2) is 9.23. The minimum absolute atomic E-state index is 0. The molecule has 0 bridgehead atoms. The van der Waals surface area contributed by atoms with E-state index in [0.29, 0.717) is 43.4 Å². The first kappa shape index (κ1) is 26.0. The van der Waals surface area contributed by atoms with Crippen molar-refractivity contribution in [2.45, 2.75) is 42.6 Å². The number of aryl methyl sites for hydroxylation is 1. The first-order valence-electron chi connectivity index (χ1n) is 10.2. The van der Waals surface area contributed by atoms with E-state index in [-0.39, 0.29) is 25.9 Å². The lowest BCUT2D eigenvalue weighted by atomic mass is 9.70. The maximum absolute atomic E-state index is 13.3. The third kappa shape index (κ3) is 4.53. The van der Waals surface area contributed by atoms with Gasteiger partial charge in [0.25, 0.3) is 15.7 Å². The van der Waals surface area contributed by atoms with Gasteiger partial charge in [-0.1, -0.05) is 18.2 Å². The van der Waals surface area contributed by atoms with Crippen molar-refractivity contribution in [1.29, 1.82) is 0 Å². The highest BCUT2D eigenvalue weighted by Gasteiger charge is 2.48. The Morgan fingerprint density at radius 1 is 1.09 bits per heavy atom. The van der Waals surface area contributed by atoms with E-state index in [0.717, 1.165) is 23.3 Å². The van der Waals surface area contributed by atoms with E-state index in [9.17, 15) is 31.2 Å². The van der Waals surface area contributed by atoms with Gasteiger partial charge in [-0.25, -0.2) is 13.9 Å². The fourth-order valence-electron chi connectivity index (χ4n) is 4.63. The number of likely N-dealkylation sites (tertiary alicyclic amines) is 1. The predicted octanol–water partition coefficient (Wildman–Crippen LogP) is 3.12. The molecule has 1 saturated heterocycles. The highest BCUT2D eigenvalue weighted by molar-refractivity contribution is 7.92. The van der Waals surface area contributed by atoms with Crippen LogP contribution in [0.15, 0.2) is 47.4 Å². The van der Waals surface area contributed by atoms with Crippen LogP contribution in [0, 0.1) is 5.41 Å². The van der Waals surface area contributed by atoms with E-state index in [1.54, 1.807) is 28.6 Å². The average Bonchev–Trinajstić information content (AvgIpc) is 3.07. The van der Waals surface area contributed by atoms with Crippen LogP contribution in [-0.2, 0) is 34.0 Å². The Morgan fingerprint density at radius 3 is 2.38 bits per heavy atom. The number of nitrogens with zero attached hydrogens (tertiary/aromatic N) is 1. The maximum atomic E-state index is 13.3. The largest absolute Gasteiger partial charge is 0.501 e. The quantitative estimate of drug-likeness (QED) is 0.480. The molecule has 1 aliphatic carbocycles. The second-order valence-corrected chi connectivity index (χ2v) is 10.4. The predicted molar refractivity (Wildman–Crippen MR) is 120 cm³/mol. The van der Waals surface area contributed by atoms with Crippen molar-refractivity contribution in [3.05, 3.63) is 64.7 Å². The van der Waals surface area contributed by atoms with Gasteiger partial charge < -0.3 is 4.90 Å². The molecule has 0 saturated carbocycles. The third-order valence-electron chi connectivity index (χ3n) is 6.48. The van der Waals surface area contributed by atoms with Gasteiger partial charge in [0, 0.05) is 18.7 Å². The molecule has 1 fully saturated rings. The zero-order chi connectivity index (χ0) is 24.0. The van der Waals surface area contributed by atoms with Crippen molar-refractivity contribution < 1.29 is 36.4 Å². The SMILES string of the molecule is O=C(NO)c1ccc2c(c1)CC[C@@]1(CCN(Cc3ccc(S(=O)(=O)C(F)(F)F)cc3)C1=O)C2.S. The first-order valence-corrected chi connectivity index (χ1v) is 11.7. The van der Waals surface area contributed by atoms with E-state index < -0.39 is 31.6 Å². The van der Waals surface area contributed by atoms with Gasteiger partial charge >= 0.3 is 5.51 Å². The van der Waals surface area contributed by atoms with Crippen LogP contribution in [0.3, 0.4) is 0 Å². The number of hydroxylamine groups is 1. The van der Waals surface area contributed by atoms with Gasteiger partial charge in [-0.15, -0.1) is 0 Å². The van der Waals surface area contributed by atoms with Crippen LogP contribution in [0.25, 0.3) is 0 Å². The molecule has 34 heavy (non-hydrogen) atoms. The number of hydrogen-bond donors (Lipinski definition) is 2. The van der Waals surface area contributed by atoms with Crippen LogP contribution in [0.5, 0.6) is 0 Å². The summed E-state index contributed by atoms with van der Waals surface area (Å²) in [5, 5.41) is 8.81. The van der Waals surface area contributed by atoms with Crippen molar-refractivity contribution >= 4 is 35.1 Å². The number of benzene rings is 2. The van der Waals surface area contributed by atoms with Gasteiger partial charge in [0.2, 0.25) is 5.91 Å². The fraction of sp³-hybridized carbons (Fsp3) is 0.364. The maximum Gasteiger partial charge on any atom is 0.501 e. The molecule has 0 radical (unpaired) electrons. The van der Waals surface area contributed by atoms with Crippen molar-refractivity contribution in [1.82, 2.24) is 10.4 Å². The summed E-state index contributed by atoms with van der Waals surface area (Å²) in [5.41, 5.74) is -1.55. The van der Waals surface area contributed by atoms with Crippen LogP contribution in [-0.4, -0.2) is 42.4 Å². The average molecular weight is 517 g/mol. The van der Waals surface area contributed by atoms with Crippen molar-refractivity contribution in [2.75, 3.05) is 6.54 Å². The van der Waals surface area contributed by atoms with E-state index in [2.05, 4.69) is 0 Å². The molecular weight excluding hydrogens is 493 g/mol. The highest BCUT2D eigenvalue weighted by Crippen LogP contribution is 2.44. The number of halogens is 3. The Kier molecular flexibility index (Phi) is 7.07. The van der Waals surface area contributed by atoms with E-state index in [1.165, 1.54) is 12.1 Å². The Balaban J connectivity index is 0.00000324. The molecule has 2 N–H and O–H groups in total. The topological polar surface area (TPSA) is 104 Å². The summed E-state index contributed by atoms with van der Waals surface area (Å²) >= 11 is 0. The lowest BCUT2D eigenvalue weighted by Crippen LogP contribution is -2.38. The Hall–Kier alpha value is -2.57. The number of amides is 2. The highest BCUT2D eigenvalue weighted by atomic mass is 32.2. The van der Waals surface area contributed by atoms with Gasteiger partial charge in [-0.05, 0) is 66.6 Å². The minimum atomic E-state index is -5.41. The summed E-state index contributed by atoms with van der Waals surface area (Å²) in [6, 6.07) is 9.49. The van der Waals surface area contributed by atoms with Gasteiger partial charge in [0.1, 0.15) is 0 Å². The van der Waals surface area contributed by atoms with Crippen molar-refractivity contribution in [3.63, 3.8) is 0 Å². The Morgan fingerprint density at radius 2 is 1.76 bits per heavy atom. The number of rotatable bonds is 4. The Bertz CT molecular complexity index is 1220. The monoisotopic (exact) mass is 516 g/mol. The summed E-state index contributed by atoms with van der Waals surface area (Å²) in [4.78, 5) is 25.7. The second-order valence-electron chi connectivity index (χ2n) is 8.45. The molecule has 12 heteroatoms.